The van der Waals surface area contributed by atoms with E-state index in [1.807, 2.05) is 61.5 Å². The molecule has 262 valence electrons. The van der Waals surface area contributed by atoms with E-state index in [-0.39, 0.29) is 46.3 Å². The highest BCUT2D eigenvalue weighted by Crippen LogP contribution is 2.46. The largest absolute Gasteiger partial charge is 0.507 e. The highest BCUT2D eigenvalue weighted by Gasteiger charge is 2.28. The predicted octanol–water partition coefficient (Wildman–Crippen LogP) is 9.26. The summed E-state index contributed by atoms with van der Waals surface area (Å²) >= 11 is 6.67. The number of pyridine rings is 2. The summed E-state index contributed by atoms with van der Waals surface area (Å²) in [4.78, 5) is 35.8. The maximum Gasteiger partial charge on any atom is 0.336 e. The third kappa shape index (κ3) is 5.98. The molecule has 8 rings (SSSR count). The number of nitrogens with one attached hydrogen (secondary N) is 2. The van der Waals surface area contributed by atoms with E-state index < -0.39 is 11.4 Å². The molecule has 0 saturated carbocycles. The molecule has 0 unspecified atom stereocenters. The Morgan fingerprint density at radius 1 is 0.811 bits per heavy atom. The fourth-order valence-corrected chi connectivity index (χ4v) is 7.02. The highest BCUT2D eigenvalue weighted by atomic mass is 35.5. The Bertz CT molecular complexity index is 2780. The van der Waals surface area contributed by atoms with Crippen molar-refractivity contribution in [3.8, 4) is 34.1 Å². The Labute approximate surface area is 307 Å². The summed E-state index contributed by atoms with van der Waals surface area (Å²) in [5.41, 5.74) is 5.42. The molecule has 1 aliphatic carbocycles. The Balaban J connectivity index is 1.34. The van der Waals surface area contributed by atoms with Gasteiger partial charge in [0.25, 0.3) is 0 Å². The molecule has 10 nitrogen and oxygen atoms in total. The van der Waals surface area contributed by atoms with Gasteiger partial charge in [-0.3, -0.25) is 9.78 Å². The monoisotopic (exact) mass is 722 g/mol. The number of phenolic OH excluding ortho intramolecular Hbond substituents is 1. The average Bonchev–Trinajstić information content (AvgIpc) is 3.17. The SMILES string of the molecule is COc1ccc2cccc(NCc3c(O)ccc4c(-c5ccccc5C(=O)O)c5cc(Cl)c(=O)c(CNc6cccc7ccc(C)nc67)c-5oc34)c2n1. The molecule has 0 spiro atoms. The summed E-state index contributed by atoms with van der Waals surface area (Å²) in [5.74, 6) is -0.549. The molecule has 1 aliphatic heterocycles. The molecule has 0 bridgehead atoms. The van der Waals surface area contributed by atoms with Crippen LogP contribution in [0.15, 0.2) is 112 Å². The molecular formula is C42H31ClN4O6. The highest BCUT2D eigenvalue weighted by molar-refractivity contribution is 6.31. The van der Waals surface area contributed by atoms with Crippen molar-refractivity contribution in [1.82, 2.24) is 9.97 Å². The van der Waals surface area contributed by atoms with Crippen LogP contribution in [-0.4, -0.2) is 33.3 Å². The molecule has 6 aromatic rings. The number of nitrogens with zero attached hydrogens (tertiary/aromatic N) is 2. The quantitative estimate of drug-likeness (QED) is 0.106. The van der Waals surface area contributed by atoms with Crippen molar-refractivity contribution in [2.75, 3.05) is 17.7 Å². The second-order valence-corrected chi connectivity index (χ2v) is 13.0. The number of aromatic hydroxyl groups is 1. The third-order valence-electron chi connectivity index (χ3n) is 9.36. The Morgan fingerprint density at radius 3 is 2.21 bits per heavy atom. The van der Waals surface area contributed by atoms with E-state index in [0.29, 0.717) is 50.4 Å². The van der Waals surface area contributed by atoms with E-state index in [1.165, 1.54) is 12.1 Å². The Morgan fingerprint density at radius 2 is 1.49 bits per heavy atom. The lowest BCUT2D eigenvalue weighted by atomic mass is 9.88. The zero-order valence-corrected chi connectivity index (χ0v) is 29.3. The van der Waals surface area contributed by atoms with Gasteiger partial charge in [0.05, 0.1) is 51.2 Å². The first-order valence-electron chi connectivity index (χ1n) is 16.7. The van der Waals surface area contributed by atoms with Crippen LogP contribution in [-0.2, 0) is 13.1 Å². The number of ether oxygens (including phenoxy) is 1. The zero-order valence-electron chi connectivity index (χ0n) is 28.5. The van der Waals surface area contributed by atoms with E-state index in [2.05, 4.69) is 15.6 Å². The minimum Gasteiger partial charge on any atom is -0.507 e. The fraction of sp³-hybridized carbons (Fsp3) is 0.0952. The van der Waals surface area contributed by atoms with Crippen LogP contribution in [0.1, 0.15) is 27.2 Å². The van der Waals surface area contributed by atoms with Gasteiger partial charge in [-0.2, -0.15) is 0 Å². The molecule has 0 radical (unpaired) electrons. The number of para-hydroxylation sites is 2. The number of aryl methyl sites for hydroxylation is 1. The maximum atomic E-state index is 13.9. The van der Waals surface area contributed by atoms with Gasteiger partial charge >= 0.3 is 5.97 Å². The molecule has 0 fully saturated rings. The number of aromatic carboxylic acids is 1. The predicted molar refractivity (Wildman–Crippen MR) is 208 cm³/mol. The van der Waals surface area contributed by atoms with E-state index in [4.69, 9.17) is 25.7 Å². The molecule has 2 aromatic heterocycles. The summed E-state index contributed by atoms with van der Waals surface area (Å²) in [6, 6.07) is 30.4. The number of fused-ring (bicyclic) bond motifs is 4. The summed E-state index contributed by atoms with van der Waals surface area (Å²) < 4.78 is 12.1. The van der Waals surface area contributed by atoms with Gasteiger partial charge in [0, 0.05) is 52.1 Å². The molecule has 0 atom stereocenters. The van der Waals surface area contributed by atoms with Crippen LogP contribution < -0.4 is 20.8 Å². The number of carboxylic acids is 1. The van der Waals surface area contributed by atoms with E-state index in [9.17, 15) is 19.8 Å². The number of anilines is 2. The lowest BCUT2D eigenvalue weighted by Gasteiger charge is -2.21. The molecule has 3 heterocycles. The number of hydrogen-bond acceptors (Lipinski definition) is 9. The number of halogens is 1. The van der Waals surface area contributed by atoms with Crippen molar-refractivity contribution in [3.63, 3.8) is 0 Å². The normalized spacial score (nSPS) is 11.4. The summed E-state index contributed by atoms with van der Waals surface area (Å²) in [6.07, 6.45) is 0. The van der Waals surface area contributed by atoms with Crippen molar-refractivity contribution in [2.24, 2.45) is 0 Å². The number of phenols is 1. The maximum absolute atomic E-state index is 13.9. The first kappa shape index (κ1) is 33.5. The number of methoxy groups -OCH3 is 1. The van der Waals surface area contributed by atoms with Gasteiger partial charge in [0.2, 0.25) is 11.3 Å². The van der Waals surface area contributed by atoms with Crippen LogP contribution in [0.25, 0.3) is 55.2 Å². The smallest absolute Gasteiger partial charge is 0.336 e. The summed E-state index contributed by atoms with van der Waals surface area (Å²) in [7, 11) is 1.55. The second-order valence-electron chi connectivity index (χ2n) is 12.6. The number of benzene rings is 5. The Hall–Kier alpha value is -6.65. The lowest BCUT2D eigenvalue weighted by molar-refractivity contribution is 0.0697. The van der Waals surface area contributed by atoms with E-state index >= 15 is 0 Å². The number of rotatable bonds is 9. The number of carbonyl (C=O) groups is 1. The second kappa shape index (κ2) is 13.5. The third-order valence-corrected chi connectivity index (χ3v) is 9.64. The van der Waals surface area contributed by atoms with Crippen LogP contribution in [0.3, 0.4) is 0 Å². The van der Waals surface area contributed by atoms with Crippen LogP contribution in [0.4, 0.5) is 11.4 Å². The minimum absolute atomic E-state index is 0.00948. The van der Waals surface area contributed by atoms with Gasteiger partial charge < -0.3 is 30.0 Å². The van der Waals surface area contributed by atoms with Gasteiger partial charge in [0.1, 0.15) is 17.1 Å². The van der Waals surface area contributed by atoms with Gasteiger partial charge in [-0.1, -0.05) is 60.1 Å². The molecular weight excluding hydrogens is 692 g/mol. The van der Waals surface area contributed by atoms with Crippen molar-refractivity contribution < 1.29 is 24.2 Å². The average molecular weight is 723 g/mol. The lowest BCUT2D eigenvalue weighted by Crippen LogP contribution is -2.17. The van der Waals surface area contributed by atoms with Crippen molar-refractivity contribution in [3.05, 3.63) is 141 Å². The van der Waals surface area contributed by atoms with Gasteiger partial charge in [-0.05, 0) is 61.0 Å². The van der Waals surface area contributed by atoms with Crippen molar-refractivity contribution in [1.29, 1.82) is 0 Å². The van der Waals surface area contributed by atoms with Crippen molar-refractivity contribution >= 4 is 61.7 Å². The molecule has 4 aromatic carbocycles. The molecule has 11 heteroatoms. The first-order valence-corrected chi connectivity index (χ1v) is 17.1. The minimum atomic E-state index is -1.13. The summed E-state index contributed by atoms with van der Waals surface area (Å²) in [6.45, 7) is 2.00. The van der Waals surface area contributed by atoms with Crippen molar-refractivity contribution in [2.45, 2.75) is 20.0 Å². The van der Waals surface area contributed by atoms with Crippen LogP contribution >= 0.6 is 11.6 Å². The fourth-order valence-electron chi connectivity index (χ4n) is 6.80. The van der Waals surface area contributed by atoms with Crippen LogP contribution in [0.5, 0.6) is 11.6 Å². The zero-order chi connectivity index (χ0) is 36.8. The van der Waals surface area contributed by atoms with E-state index in [0.717, 1.165) is 22.0 Å². The van der Waals surface area contributed by atoms with Crippen LogP contribution in [0, 0.1) is 6.92 Å². The number of aromatic nitrogens is 2. The molecule has 53 heavy (non-hydrogen) atoms. The van der Waals surface area contributed by atoms with Gasteiger partial charge in [0.15, 0.2) is 0 Å². The molecule has 0 amide bonds. The summed E-state index contributed by atoms with van der Waals surface area (Å²) in [5, 5.41) is 30.7. The Kier molecular flexibility index (Phi) is 8.52. The molecule has 4 N–H and O–H groups in total. The van der Waals surface area contributed by atoms with Crippen LogP contribution in [0.2, 0.25) is 5.02 Å². The number of carboxylic acid groups (broad SMARTS) is 1. The molecule has 0 saturated heterocycles. The van der Waals surface area contributed by atoms with E-state index in [1.54, 1.807) is 43.5 Å². The molecule has 2 aliphatic rings. The topological polar surface area (TPSA) is 147 Å². The number of hydrogen-bond donors (Lipinski definition) is 4. The van der Waals surface area contributed by atoms with Gasteiger partial charge in [-0.15, -0.1) is 0 Å². The first-order chi connectivity index (χ1) is 25.7. The van der Waals surface area contributed by atoms with Gasteiger partial charge in [-0.25, -0.2) is 9.78 Å². The standard InChI is InChI=1S/C42H31ClN4O6/c1-22-13-14-23-7-5-11-32(37(23)46-22)45-21-30-39(49)31(43)19-28-36(25-9-3-4-10-26(25)42(50)51)27-16-17-34(48)29(40(27)53-41(28)30)20-44-33-12-6-8-24-15-18-35(52-2)47-38(24)33/h3-19,44-45,48H,20-21H2,1-2H3,(H,50,51).